The maximum Gasteiger partial charge on any atom is 0.142 e. The Kier molecular flexibility index (Phi) is 3.63. The number of benzene rings is 2. The summed E-state index contributed by atoms with van der Waals surface area (Å²) in [6.45, 7) is 2.00. The number of nitrogens with one attached hydrogen (secondary N) is 1. The molecule has 0 aliphatic heterocycles. The van der Waals surface area contributed by atoms with Gasteiger partial charge in [0.05, 0.1) is 12.8 Å². The van der Waals surface area contributed by atoms with Crippen molar-refractivity contribution in [1.29, 1.82) is 0 Å². The zero-order chi connectivity index (χ0) is 13.1. The molecule has 0 saturated carbocycles. The largest absolute Gasteiger partial charge is 0.495 e. The molecule has 0 saturated heterocycles. The predicted octanol–water partition coefficient (Wildman–Crippen LogP) is 3.98. The van der Waals surface area contributed by atoms with Gasteiger partial charge < -0.3 is 15.8 Å². The minimum absolute atomic E-state index is 0.652. The molecule has 3 nitrogen and oxygen atoms in total. The van der Waals surface area contributed by atoms with Crippen molar-refractivity contribution >= 4 is 28.7 Å². The van der Waals surface area contributed by atoms with Crippen molar-refractivity contribution in [2.75, 3.05) is 18.2 Å². The van der Waals surface area contributed by atoms with Crippen molar-refractivity contribution in [2.24, 2.45) is 0 Å². The summed E-state index contributed by atoms with van der Waals surface area (Å²) < 4.78 is 5.28. The summed E-state index contributed by atoms with van der Waals surface area (Å²) in [4.78, 5) is 0. The number of rotatable bonds is 3. The van der Waals surface area contributed by atoms with Crippen LogP contribution in [0.3, 0.4) is 0 Å². The molecule has 18 heavy (non-hydrogen) atoms. The highest BCUT2D eigenvalue weighted by Gasteiger charge is 2.05. The first-order valence-corrected chi connectivity index (χ1v) is 5.94. The number of nitrogen functional groups attached to an aromatic ring is 1. The molecule has 2 aromatic rings. The maximum atomic E-state index is 5.98. The zero-order valence-corrected chi connectivity index (χ0v) is 11.1. The van der Waals surface area contributed by atoms with Crippen LogP contribution in [-0.4, -0.2) is 7.11 Å². The molecule has 0 atom stereocenters. The molecule has 0 fully saturated rings. The molecule has 0 heterocycles. The van der Waals surface area contributed by atoms with Crippen LogP contribution in [0, 0.1) is 6.92 Å². The number of hydrogen-bond acceptors (Lipinski definition) is 3. The SMILES string of the molecule is COc1ccc(Cl)cc1Nc1cc(C)cc(N)c1. The zero-order valence-electron chi connectivity index (χ0n) is 10.3. The average Bonchev–Trinajstić information content (AvgIpc) is 2.27. The van der Waals surface area contributed by atoms with Gasteiger partial charge in [0.2, 0.25) is 0 Å². The first-order valence-electron chi connectivity index (χ1n) is 5.56. The smallest absolute Gasteiger partial charge is 0.142 e. The number of halogens is 1. The first-order chi connectivity index (χ1) is 8.58. The van der Waals surface area contributed by atoms with Crippen LogP contribution in [0.15, 0.2) is 36.4 Å². The molecule has 0 aliphatic carbocycles. The third kappa shape index (κ3) is 2.87. The van der Waals surface area contributed by atoms with E-state index in [0.29, 0.717) is 5.02 Å². The standard InChI is InChI=1S/C14H15ClN2O/c1-9-5-11(16)8-12(6-9)17-13-7-10(15)3-4-14(13)18-2/h3-8,17H,16H2,1-2H3. The Morgan fingerprint density at radius 1 is 1.17 bits per heavy atom. The number of anilines is 3. The Morgan fingerprint density at radius 2 is 1.94 bits per heavy atom. The summed E-state index contributed by atoms with van der Waals surface area (Å²) in [6.07, 6.45) is 0. The van der Waals surface area contributed by atoms with Crippen molar-refractivity contribution in [3.05, 3.63) is 47.0 Å². The molecule has 0 aromatic heterocycles. The molecule has 2 rings (SSSR count). The van der Waals surface area contributed by atoms with Crippen LogP contribution >= 0.6 is 11.6 Å². The Hall–Kier alpha value is -1.87. The third-order valence-corrected chi connectivity index (χ3v) is 2.78. The van der Waals surface area contributed by atoms with E-state index in [0.717, 1.165) is 28.4 Å². The van der Waals surface area contributed by atoms with Crippen molar-refractivity contribution in [2.45, 2.75) is 6.92 Å². The van der Waals surface area contributed by atoms with Gasteiger partial charge in [0, 0.05) is 16.4 Å². The summed E-state index contributed by atoms with van der Waals surface area (Å²) >= 11 is 5.98. The number of methoxy groups -OCH3 is 1. The second kappa shape index (κ2) is 5.19. The van der Waals surface area contributed by atoms with Crippen LogP contribution in [0.2, 0.25) is 5.02 Å². The molecule has 94 valence electrons. The van der Waals surface area contributed by atoms with E-state index in [9.17, 15) is 0 Å². The number of nitrogens with two attached hydrogens (primary N) is 1. The summed E-state index contributed by atoms with van der Waals surface area (Å²) in [5.74, 6) is 0.736. The molecule has 0 aliphatic rings. The fourth-order valence-electron chi connectivity index (χ4n) is 1.82. The number of ether oxygens (including phenoxy) is 1. The third-order valence-electron chi connectivity index (χ3n) is 2.54. The van der Waals surface area contributed by atoms with Gasteiger partial charge in [0.25, 0.3) is 0 Å². The maximum absolute atomic E-state index is 5.98. The highest BCUT2D eigenvalue weighted by atomic mass is 35.5. The second-order valence-electron chi connectivity index (χ2n) is 4.10. The lowest BCUT2D eigenvalue weighted by atomic mass is 10.2. The minimum Gasteiger partial charge on any atom is -0.495 e. The first kappa shape index (κ1) is 12.6. The van der Waals surface area contributed by atoms with E-state index in [-0.39, 0.29) is 0 Å². The van der Waals surface area contributed by atoms with Crippen LogP contribution < -0.4 is 15.8 Å². The molecule has 0 amide bonds. The lowest BCUT2D eigenvalue weighted by molar-refractivity contribution is 0.417. The molecule has 0 unspecified atom stereocenters. The fraction of sp³-hybridized carbons (Fsp3) is 0.143. The van der Waals surface area contributed by atoms with Crippen molar-refractivity contribution in [3.63, 3.8) is 0 Å². The van der Waals surface area contributed by atoms with Crippen molar-refractivity contribution in [1.82, 2.24) is 0 Å². The van der Waals surface area contributed by atoms with Gasteiger partial charge in [-0.25, -0.2) is 0 Å². The number of aryl methyl sites for hydroxylation is 1. The van der Waals surface area contributed by atoms with E-state index in [1.54, 1.807) is 13.2 Å². The molecule has 0 spiro atoms. The summed E-state index contributed by atoms with van der Waals surface area (Å²) in [6, 6.07) is 11.2. The average molecular weight is 263 g/mol. The minimum atomic E-state index is 0.652. The monoisotopic (exact) mass is 262 g/mol. The summed E-state index contributed by atoms with van der Waals surface area (Å²) in [5, 5.41) is 3.91. The molecule has 2 aromatic carbocycles. The van der Waals surface area contributed by atoms with Gasteiger partial charge in [0.15, 0.2) is 0 Å². The Bertz CT molecular complexity index is 549. The van der Waals surface area contributed by atoms with Crippen LogP contribution in [-0.2, 0) is 0 Å². The van der Waals surface area contributed by atoms with Crippen LogP contribution in [0.1, 0.15) is 5.56 Å². The highest BCUT2D eigenvalue weighted by Crippen LogP contribution is 2.31. The van der Waals surface area contributed by atoms with E-state index < -0.39 is 0 Å². The fourth-order valence-corrected chi connectivity index (χ4v) is 1.99. The van der Waals surface area contributed by atoms with Crippen LogP contribution in [0.5, 0.6) is 5.75 Å². The van der Waals surface area contributed by atoms with Gasteiger partial charge >= 0.3 is 0 Å². The summed E-state index contributed by atoms with van der Waals surface area (Å²) in [5.41, 5.74) is 9.36. The topological polar surface area (TPSA) is 47.3 Å². The van der Waals surface area contributed by atoms with Crippen LogP contribution in [0.25, 0.3) is 0 Å². The molecule has 0 bridgehead atoms. The van der Waals surface area contributed by atoms with Gasteiger partial charge in [-0.3, -0.25) is 0 Å². The lowest BCUT2D eigenvalue weighted by Crippen LogP contribution is -1.96. The molecule has 4 heteroatoms. The van der Waals surface area contributed by atoms with Gasteiger partial charge in [-0.1, -0.05) is 11.6 Å². The highest BCUT2D eigenvalue weighted by molar-refractivity contribution is 6.31. The van der Waals surface area contributed by atoms with Crippen LogP contribution in [0.4, 0.5) is 17.1 Å². The summed E-state index contributed by atoms with van der Waals surface area (Å²) in [7, 11) is 1.62. The molecule has 0 radical (unpaired) electrons. The Balaban J connectivity index is 2.35. The van der Waals surface area contributed by atoms with E-state index in [4.69, 9.17) is 22.1 Å². The Morgan fingerprint density at radius 3 is 2.61 bits per heavy atom. The normalized spacial score (nSPS) is 10.2. The quantitative estimate of drug-likeness (QED) is 0.823. The number of hydrogen-bond donors (Lipinski definition) is 2. The Labute approximate surface area is 112 Å². The molecular weight excluding hydrogens is 248 g/mol. The van der Waals surface area contributed by atoms with Crippen molar-refractivity contribution in [3.8, 4) is 5.75 Å². The van der Waals surface area contributed by atoms with Gasteiger partial charge in [-0.15, -0.1) is 0 Å². The predicted molar refractivity (Wildman–Crippen MR) is 76.9 cm³/mol. The van der Waals surface area contributed by atoms with Crippen molar-refractivity contribution < 1.29 is 4.74 Å². The van der Waals surface area contributed by atoms with Gasteiger partial charge in [0.1, 0.15) is 5.75 Å². The van der Waals surface area contributed by atoms with E-state index in [1.165, 1.54) is 0 Å². The molecular formula is C14H15ClN2O. The molecule has 3 N–H and O–H groups in total. The van der Waals surface area contributed by atoms with Gasteiger partial charge in [-0.05, 0) is 48.9 Å². The lowest BCUT2D eigenvalue weighted by Gasteiger charge is -2.12. The van der Waals surface area contributed by atoms with E-state index >= 15 is 0 Å². The second-order valence-corrected chi connectivity index (χ2v) is 4.54. The van der Waals surface area contributed by atoms with E-state index in [2.05, 4.69) is 5.32 Å². The van der Waals surface area contributed by atoms with E-state index in [1.807, 2.05) is 37.3 Å². The van der Waals surface area contributed by atoms with Gasteiger partial charge in [-0.2, -0.15) is 0 Å².